The predicted octanol–water partition coefficient (Wildman–Crippen LogP) is 5.92. The molecular weight excluding hydrogens is 744 g/mol. The Kier molecular flexibility index (Phi) is 9.59. The highest BCUT2D eigenvalue weighted by molar-refractivity contribution is 7.82. The average Bonchev–Trinajstić information content (AvgIpc) is 3.33. The van der Waals surface area contributed by atoms with Crippen LogP contribution < -0.4 is 9.05 Å². The fraction of sp³-hybridized carbons (Fsp3) is 0.625. The quantitative estimate of drug-likeness (QED) is 0.342. The number of hydrogen-bond acceptors (Lipinski definition) is 16. The van der Waals surface area contributed by atoms with Gasteiger partial charge < -0.3 is 28.0 Å². The zero-order valence-electron chi connectivity index (χ0n) is 29.5. The predicted molar refractivity (Wildman–Crippen MR) is 202 cm³/mol. The summed E-state index contributed by atoms with van der Waals surface area (Å²) in [6.07, 6.45) is 0. The van der Waals surface area contributed by atoms with Gasteiger partial charge in [-0.1, -0.05) is 36.4 Å². The van der Waals surface area contributed by atoms with E-state index in [1.54, 1.807) is 0 Å². The fourth-order valence-corrected chi connectivity index (χ4v) is 27.0. The second-order valence-electron chi connectivity index (χ2n) is 13.9. The summed E-state index contributed by atoms with van der Waals surface area (Å²) in [7, 11) is -12.4. The molecule has 20 heteroatoms. The Morgan fingerprint density at radius 3 is 1.17 bits per heavy atom. The SMILES string of the molecule is c1ccc2c(c1)CN1CCN3Cc4ccccc4OP34=NP(N3CCOCC3)(N3CCOCC3)=NP(N3CCOCC3)(N3CCOCC3)=NP1(=N4)O2. The zero-order valence-corrected chi connectivity index (χ0v) is 33.0. The van der Waals surface area contributed by atoms with Gasteiger partial charge in [0.25, 0.3) is 0 Å². The van der Waals surface area contributed by atoms with Gasteiger partial charge in [-0.25, -0.2) is 28.0 Å². The van der Waals surface area contributed by atoms with Gasteiger partial charge in [0.1, 0.15) is 11.5 Å². The van der Waals surface area contributed by atoms with E-state index in [2.05, 4.69) is 64.4 Å². The Morgan fingerprint density at radius 1 is 0.385 bits per heavy atom. The molecule has 2 aromatic carbocycles. The Labute approximate surface area is 306 Å². The lowest BCUT2D eigenvalue weighted by Crippen LogP contribution is -2.45. The summed E-state index contributed by atoms with van der Waals surface area (Å²) in [5, 5.41) is 0. The van der Waals surface area contributed by atoms with Gasteiger partial charge in [-0.05, 0) is 12.1 Å². The van der Waals surface area contributed by atoms with E-state index in [9.17, 15) is 0 Å². The molecule has 2 spiro atoms. The number of fused-ring (bicyclic) bond motifs is 2. The van der Waals surface area contributed by atoms with Crippen LogP contribution in [-0.2, 0) is 32.0 Å². The molecule has 16 nitrogen and oxygen atoms in total. The first-order valence-corrected chi connectivity index (χ1v) is 24.9. The lowest BCUT2D eigenvalue weighted by molar-refractivity contribution is 0.0548. The molecule has 0 saturated carbocycles. The van der Waals surface area contributed by atoms with Crippen LogP contribution >= 0.6 is 30.2 Å². The highest BCUT2D eigenvalue weighted by Gasteiger charge is 2.55. The standard InChI is InChI=1S/C32H48N10O6P4/c1-3-7-31-29(5-1)27-41-9-10-42-28-30-6-2-4-8-32(30)48-52(42)35-50(39-15-23-45-24-16-39,40-17-25-46-26-18-40)33-49(34-51(41,36-52)47-31,37-11-19-43-20-12-37)38-13-21-44-22-14-38/h1-8H,9-28H2. The molecule has 0 amide bonds. The third-order valence-corrected chi connectivity index (χ3v) is 26.1. The Bertz CT molecular complexity index is 1770. The van der Waals surface area contributed by atoms with Gasteiger partial charge in [0.2, 0.25) is 15.0 Å². The molecular formula is C32H48N10O6P4. The summed E-state index contributed by atoms with van der Waals surface area (Å²) >= 11 is 0. The topological polar surface area (TPSA) is 124 Å². The molecule has 0 radical (unpaired) electrons. The first-order chi connectivity index (χ1) is 25.6. The number of ether oxygens (including phenoxy) is 4. The van der Waals surface area contributed by atoms with E-state index in [0.29, 0.717) is 65.9 Å². The van der Waals surface area contributed by atoms with Crippen LogP contribution in [0.1, 0.15) is 11.1 Å². The summed E-state index contributed by atoms with van der Waals surface area (Å²) < 4.78 is 79.0. The minimum atomic E-state index is -3.20. The molecule has 2 bridgehead atoms. The van der Waals surface area contributed by atoms with Crippen molar-refractivity contribution in [2.45, 2.75) is 13.1 Å². The number of benzene rings is 2. The Balaban J connectivity index is 1.34. The summed E-state index contributed by atoms with van der Waals surface area (Å²) in [5.74, 6) is 1.68. The van der Waals surface area contributed by atoms with Crippen molar-refractivity contribution in [2.75, 3.05) is 118 Å². The van der Waals surface area contributed by atoms with Crippen LogP contribution in [-0.4, -0.2) is 146 Å². The van der Waals surface area contributed by atoms with E-state index >= 15 is 0 Å². The Morgan fingerprint density at radius 2 is 0.750 bits per heavy atom. The summed E-state index contributed by atoms with van der Waals surface area (Å²) in [4.78, 5) is 0. The van der Waals surface area contributed by atoms with Crippen LogP contribution in [0.25, 0.3) is 0 Å². The van der Waals surface area contributed by atoms with Crippen LogP contribution in [0.3, 0.4) is 0 Å². The zero-order chi connectivity index (χ0) is 34.6. The molecule has 4 fully saturated rings. The molecule has 8 aliphatic heterocycles. The van der Waals surface area contributed by atoms with Gasteiger partial charge in [0.15, 0.2) is 0 Å². The molecule has 0 aliphatic carbocycles. The van der Waals surface area contributed by atoms with E-state index in [1.165, 1.54) is 0 Å². The van der Waals surface area contributed by atoms with Crippen molar-refractivity contribution in [3.05, 3.63) is 59.7 Å². The highest BCUT2D eigenvalue weighted by atomic mass is 31.3. The molecule has 2 unspecified atom stereocenters. The molecule has 2 atom stereocenters. The van der Waals surface area contributed by atoms with Gasteiger partial charge in [0, 0.05) is 89.7 Å². The normalized spacial score (nSPS) is 32.8. The van der Waals surface area contributed by atoms with E-state index in [0.717, 1.165) is 88.1 Å². The number of rotatable bonds is 4. The lowest BCUT2D eigenvalue weighted by atomic mass is 10.2. The van der Waals surface area contributed by atoms with Crippen LogP contribution in [0.15, 0.2) is 66.6 Å². The first-order valence-electron chi connectivity index (χ1n) is 18.5. The van der Waals surface area contributed by atoms with Crippen molar-refractivity contribution >= 4 is 30.2 Å². The maximum absolute atomic E-state index is 7.40. The Hall–Kier alpha value is -1.44. The maximum atomic E-state index is 7.40. The first kappa shape index (κ1) is 35.0. The van der Waals surface area contributed by atoms with E-state index in [1.807, 2.05) is 12.1 Å². The van der Waals surface area contributed by atoms with Crippen molar-refractivity contribution in [1.82, 2.24) is 28.0 Å². The minimum Gasteiger partial charge on any atom is -0.430 e. The number of morpholine rings is 4. The molecule has 10 rings (SSSR count). The molecule has 282 valence electrons. The smallest absolute Gasteiger partial charge is 0.336 e. The molecule has 52 heavy (non-hydrogen) atoms. The van der Waals surface area contributed by atoms with Crippen LogP contribution in [0, 0.1) is 0 Å². The van der Waals surface area contributed by atoms with Crippen molar-refractivity contribution in [2.24, 2.45) is 18.1 Å². The lowest BCUT2D eigenvalue weighted by Gasteiger charge is -2.51. The summed E-state index contributed by atoms with van der Waals surface area (Å²) in [6, 6.07) is 16.8. The summed E-state index contributed by atoms with van der Waals surface area (Å²) in [6.45, 7) is 13.6. The van der Waals surface area contributed by atoms with E-state index < -0.39 is 30.2 Å². The average molecular weight is 793 g/mol. The number of hydrogen-bond donors (Lipinski definition) is 0. The van der Waals surface area contributed by atoms with Crippen molar-refractivity contribution in [3.63, 3.8) is 0 Å². The van der Waals surface area contributed by atoms with Crippen LogP contribution in [0.5, 0.6) is 11.5 Å². The van der Waals surface area contributed by atoms with Crippen molar-refractivity contribution in [3.8, 4) is 11.5 Å². The van der Waals surface area contributed by atoms with Gasteiger partial charge in [-0.2, -0.15) is 13.5 Å². The van der Waals surface area contributed by atoms with Gasteiger partial charge in [0.05, 0.1) is 52.9 Å². The maximum Gasteiger partial charge on any atom is 0.336 e. The summed E-state index contributed by atoms with van der Waals surface area (Å²) in [5.41, 5.74) is 2.30. The van der Waals surface area contributed by atoms with Gasteiger partial charge in [-0.15, -0.1) is 4.52 Å². The number of nitrogens with zero attached hydrogens (tertiary/aromatic N) is 10. The molecule has 8 heterocycles. The fourth-order valence-electron chi connectivity index (χ4n) is 8.15. The molecule has 4 saturated heterocycles. The van der Waals surface area contributed by atoms with Gasteiger partial charge in [-0.3, -0.25) is 0 Å². The van der Waals surface area contributed by atoms with Gasteiger partial charge >= 0.3 is 15.2 Å². The molecule has 0 aromatic heterocycles. The van der Waals surface area contributed by atoms with Crippen LogP contribution in [0.2, 0.25) is 0 Å². The largest absolute Gasteiger partial charge is 0.430 e. The minimum absolute atomic E-state index is 0.620. The van der Waals surface area contributed by atoms with E-state index in [-0.39, 0.29) is 0 Å². The van der Waals surface area contributed by atoms with Crippen molar-refractivity contribution in [1.29, 1.82) is 0 Å². The molecule has 8 aliphatic rings. The molecule has 2 aromatic rings. The number of para-hydroxylation sites is 2. The molecule has 0 N–H and O–H groups in total. The third-order valence-electron chi connectivity index (χ3n) is 10.9. The van der Waals surface area contributed by atoms with Crippen LogP contribution in [0.4, 0.5) is 0 Å². The third kappa shape index (κ3) is 5.98. The van der Waals surface area contributed by atoms with E-state index in [4.69, 9.17) is 46.1 Å². The second-order valence-corrected chi connectivity index (χ2v) is 24.7. The highest BCUT2D eigenvalue weighted by Crippen LogP contribution is 2.84. The second kappa shape index (κ2) is 14.3. The monoisotopic (exact) mass is 792 g/mol. The van der Waals surface area contributed by atoms with Crippen molar-refractivity contribution < 1.29 is 28.0 Å².